The van der Waals surface area contributed by atoms with E-state index in [0.717, 1.165) is 5.56 Å². The van der Waals surface area contributed by atoms with Gasteiger partial charge < -0.3 is 10.1 Å². The second kappa shape index (κ2) is 7.89. The smallest absolute Gasteiger partial charge is 0.265 e. The highest BCUT2D eigenvalue weighted by atomic mass is 35.5. The number of carbonyl (C=O) groups is 1. The Hall–Kier alpha value is -2.05. The van der Waals surface area contributed by atoms with E-state index in [9.17, 15) is 13.2 Å². The van der Waals surface area contributed by atoms with Crippen molar-refractivity contribution in [2.75, 3.05) is 11.1 Å². The molecule has 0 saturated heterocycles. The van der Waals surface area contributed by atoms with Gasteiger partial charge in [0.15, 0.2) is 15.9 Å². The number of benzene rings is 2. The molecule has 0 radical (unpaired) electrons. The van der Waals surface area contributed by atoms with Gasteiger partial charge in [-0.2, -0.15) is 0 Å². The van der Waals surface area contributed by atoms with E-state index >= 15 is 0 Å². The molecule has 5 nitrogen and oxygen atoms in total. The molecule has 0 heterocycles. The summed E-state index contributed by atoms with van der Waals surface area (Å²) in [7, 11) is -3.26. The summed E-state index contributed by atoms with van der Waals surface area (Å²) < 4.78 is 29.2. The SMILES string of the molecule is CCS(=O)(=O)c1ccc(NC(=O)C(C)Oc2ccc(Cl)cc2C)cc1. The maximum absolute atomic E-state index is 12.3. The lowest BCUT2D eigenvalue weighted by Gasteiger charge is -2.16. The number of hydrogen-bond donors (Lipinski definition) is 1. The molecule has 1 atom stereocenters. The van der Waals surface area contributed by atoms with Crippen molar-refractivity contribution in [3.05, 3.63) is 53.1 Å². The molecule has 0 aliphatic heterocycles. The third-order valence-electron chi connectivity index (χ3n) is 3.67. The summed E-state index contributed by atoms with van der Waals surface area (Å²) in [4.78, 5) is 12.5. The van der Waals surface area contributed by atoms with Gasteiger partial charge in [0.25, 0.3) is 5.91 Å². The summed E-state index contributed by atoms with van der Waals surface area (Å²) in [6.45, 7) is 5.07. The minimum absolute atomic E-state index is 0.0318. The quantitative estimate of drug-likeness (QED) is 0.824. The van der Waals surface area contributed by atoms with E-state index in [1.54, 1.807) is 44.2 Å². The zero-order chi connectivity index (χ0) is 18.6. The van der Waals surface area contributed by atoms with Crippen LogP contribution in [-0.4, -0.2) is 26.2 Å². The van der Waals surface area contributed by atoms with Gasteiger partial charge in [0.1, 0.15) is 5.75 Å². The zero-order valence-corrected chi connectivity index (χ0v) is 15.8. The van der Waals surface area contributed by atoms with Crippen LogP contribution in [0.5, 0.6) is 5.75 Å². The number of sulfone groups is 1. The lowest BCUT2D eigenvalue weighted by Crippen LogP contribution is -2.30. The van der Waals surface area contributed by atoms with Crippen molar-refractivity contribution in [3.8, 4) is 5.75 Å². The standard InChI is InChI=1S/C18H20ClNO4S/c1-4-25(22,23)16-8-6-15(7-9-16)20-18(21)13(3)24-17-10-5-14(19)11-12(17)2/h5-11,13H,4H2,1-3H3,(H,20,21). The van der Waals surface area contributed by atoms with Crippen molar-refractivity contribution in [2.24, 2.45) is 0 Å². The molecule has 134 valence electrons. The van der Waals surface area contributed by atoms with Crippen LogP contribution in [0.1, 0.15) is 19.4 Å². The summed E-state index contributed by atoms with van der Waals surface area (Å²) >= 11 is 5.90. The molecule has 1 unspecified atom stereocenters. The Morgan fingerprint density at radius 2 is 1.84 bits per heavy atom. The first-order chi connectivity index (χ1) is 11.7. The third-order valence-corrected chi connectivity index (χ3v) is 5.66. The summed E-state index contributed by atoms with van der Waals surface area (Å²) in [6, 6.07) is 11.2. The summed E-state index contributed by atoms with van der Waals surface area (Å²) in [5.74, 6) is 0.279. The minimum Gasteiger partial charge on any atom is -0.481 e. The van der Waals surface area contributed by atoms with Crippen molar-refractivity contribution in [3.63, 3.8) is 0 Å². The van der Waals surface area contributed by atoms with Crippen LogP contribution in [0, 0.1) is 6.92 Å². The minimum atomic E-state index is -3.26. The molecular weight excluding hydrogens is 362 g/mol. The van der Waals surface area contributed by atoms with Crippen molar-refractivity contribution in [1.29, 1.82) is 0 Å². The number of anilines is 1. The molecule has 0 spiro atoms. The van der Waals surface area contributed by atoms with E-state index in [4.69, 9.17) is 16.3 Å². The fourth-order valence-corrected chi connectivity index (χ4v) is 3.26. The Kier molecular flexibility index (Phi) is 6.08. The number of aryl methyl sites for hydroxylation is 1. The van der Waals surface area contributed by atoms with Gasteiger partial charge in [-0.05, 0) is 61.9 Å². The predicted octanol–water partition coefficient (Wildman–Crippen LogP) is 3.85. The van der Waals surface area contributed by atoms with Gasteiger partial charge in [0.2, 0.25) is 0 Å². The maximum atomic E-state index is 12.3. The Morgan fingerprint density at radius 1 is 1.20 bits per heavy atom. The third kappa shape index (κ3) is 4.96. The Morgan fingerprint density at radius 3 is 2.40 bits per heavy atom. The van der Waals surface area contributed by atoms with Gasteiger partial charge in [-0.25, -0.2) is 8.42 Å². The first-order valence-corrected chi connectivity index (χ1v) is 9.82. The largest absolute Gasteiger partial charge is 0.481 e. The predicted molar refractivity (Wildman–Crippen MR) is 99.1 cm³/mol. The van der Waals surface area contributed by atoms with E-state index in [0.29, 0.717) is 16.5 Å². The van der Waals surface area contributed by atoms with E-state index in [1.165, 1.54) is 12.1 Å². The number of amides is 1. The molecule has 1 N–H and O–H groups in total. The van der Waals surface area contributed by atoms with Crippen molar-refractivity contribution >= 4 is 33.0 Å². The topological polar surface area (TPSA) is 72.5 Å². The first kappa shape index (κ1) is 19.3. The molecular formula is C18H20ClNO4S. The lowest BCUT2D eigenvalue weighted by atomic mass is 10.2. The van der Waals surface area contributed by atoms with Gasteiger partial charge in [0, 0.05) is 10.7 Å². The van der Waals surface area contributed by atoms with Gasteiger partial charge in [0.05, 0.1) is 10.6 Å². The number of halogens is 1. The highest BCUT2D eigenvalue weighted by Gasteiger charge is 2.17. The molecule has 1 amide bonds. The van der Waals surface area contributed by atoms with Crippen LogP contribution >= 0.6 is 11.6 Å². The van der Waals surface area contributed by atoms with Crippen molar-refractivity contribution in [2.45, 2.75) is 31.8 Å². The van der Waals surface area contributed by atoms with Crippen molar-refractivity contribution in [1.82, 2.24) is 0 Å². The molecule has 0 aromatic heterocycles. The summed E-state index contributed by atoms with van der Waals surface area (Å²) in [5.41, 5.74) is 1.34. The van der Waals surface area contributed by atoms with Crippen LogP contribution in [0.25, 0.3) is 0 Å². The Bertz CT molecular complexity index is 863. The van der Waals surface area contributed by atoms with Crippen LogP contribution in [-0.2, 0) is 14.6 Å². The lowest BCUT2D eigenvalue weighted by molar-refractivity contribution is -0.122. The molecule has 2 aromatic rings. The first-order valence-electron chi connectivity index (χ1n) is 7.79. The van der Waals surface area contributed by atoms with Crippen LogP contribution in [0.2, 0.25) is 5.02 Å². The van der Waals surface area contributed by atoms with E-state index in [2.05, 4.69) is 5.32 Å². The van der Waals surface area contributed by atoms with Crippen molar-refractivity contribution < 1.29 is 17.9 Å². The van der Waals surface area contributed by atoms with Gasteiger partial charge >= 0.3 is 0 Å². The number of ether oxygens (including phenoxy) is 1. The fraction of sp³-hybridized carbons (Fsp3) is 0.278. The molecule has 7 heteroatoms. The van der Waals surface area contributed by atoms with Crippen LogP contribution in [0.3, 0.4) is 0 Å². The molecule has 0 saturated carbocycles. The number of rotatable bonds is 6. The second-order valence-electron chi connectivity index (χ2n) is 5.59. The van der Waals surface area contributed by atoms with Crippen LogP contribution < -0.4 is 10.1 Å². The van der Waals surface area contributed by atoms with E-state index in [1.807, 2.05) is 6.92 Å². The zero-order valence-electron chi connectivity index (χ0n) is 14.2. The van der Waals surface area contributed by atoms with E-state index < -0.39 is 15.9 Å². The average molecular weight is 382 g/mol. The molecule has 0 aliphatic rings. The van der Waals surface area contributed by atoms with E-state index in [-0.39, 0.29) is 16.6 Å². The highest BCUT2D eigenvalue weighted by molar-refractivity contribution is 7.91. The fourth-order valence-electron chi connectivity index (χ4n) is 2.15. The number of carbonyl (C=O) groups excluding carboxylic acids is 1. The number of nitrogens with one attached hydrogen (secondary N) is 1. The summed E-state index contributed by atoms with van der Waals surface area (Å²) in [5, 5.41) is 3.31. The monoisotopic (exact) mass is 381 g/mol. The van der Waals surface area contributed by atoms with Gasteiger partial charge in [-0.3, -0.25) is 4.79 Å². The molecule has 0 aliphatic carbocycles. The maximum Gasteiger partial charge on any atom is 0.265 e. The molecule has 25 heavy (non-hydrogen) atoms. The Labute approximate surface area is 152 Å². The van der Waals surface area contributed by atoms with Crippen LogP contribution in [0.4, 0.5) is 5.69 Å². The molecule has 0 bridgehead atoms. The van der Waals surface area contributed by atoms with Gasteiger partial charge in [-0.1, -0.05) is 18.5 Å². The normalized spacial score (nSPS) is 12.5. The average Bonchev–Trinajstić information content (AvgIpc) is 2.57. The van der Waals surface area contributed by atoms with Gasteiger partial charge in [-0.15, -0.1) is 0 Å². The Balaban J connectivity index is 2.03. The summed E-state index contributed by atoms with van der Waals surface area (Å²) in [6.07, 6.45) is -0.723. The molecule has 2 aromatic carbocycles. The molecule has 2 rings (SSSR count). The van der Waals surface area contributed by atoms with Crippen LogP contribution in [0.15, 0.2) is 47.4 Å². The second-order valence-corrected chi connectivity index (χ2v) is 8.30. The number of hydrogen-bond acceptors (Lipinski definition) is 4. The highest BCUT2D eigenvalue weighted by Crippen LogP contribution is 2.23. The molecule has 0 fully saturated rings.